The maximum absolute atomic E-state index is 9.36. The number of nitrogens with zero attached hydrogens (tertiary/aromatic N) is 4. The fourth-order valence-corrected chi connectivity index (χ4v) is 14.0. The Hall–Kier alpha value is -5.14. The van der Waals surface area contributed by atoms with Crippen LogP contribution < -0.4 is 0 Å². The van der Waals surface area contributed by atoms with Gasteiger partial charge in [-0.2, -0.15) is 5.26 Å². The molecule has 4 nitrogen and oxygen atoms in total. The van der Waals surface area contributed by atoms with E-state index in [0.29, 0.717) is 16.4 Å². The van der Waals surface area contributed by atoms with E-state index in [1.165, 1.54) is 82.6 Å². The fraction of sp³-hybridized carbons (Fsp3) is 0.385. The van der Waals surface area contributed by atoms with Crippen LogP contribution in [0.4, 0.5) is 0 Å². The number of aromatic nitrogens is 3. The first kappa shape index (κ1) is 33.0. The molecule has 276 valence electrons. The molecular formula is C52H48N4. The molecule has 1 aromatic heterocycles. The van der Waals surface area contributed by atoms with Crippen LogP contribution in [0.5, 0.6) is 0 Å². The molecule has 0 spiro atoms. The zero-order chi connectivity index (χ0) is 37.0. The van der Waals surface area contributed by atoms with Crippen LogP contribution in [-0.4, -0.2) is 15.0 Å². The summed E-state index contributed by atoms with van der Waals surface area (Å²) in [5, 5.41) is 11.6. The molecule has 0 unspecified atom stereocenters. The predicted octanol–water partition coefficient (Wildman–Crippen LogP) is 12.5. The van der Waals surface area contributed by atoms with Crippen LogP contribution in [0.15, 0.2) is 109 Å². The molecule has 8 aliphatic carbocycles. The van der Waals surface area contributed by atoms with E-state index in [4.69, 9.17) is 15.0 Å². The van der Waals surface area contributed by atoms with Crippen LogP contribution in [0.3, 0.4) is 0 Å². The first-order chi connectivity index (χ1) is 27.4. The Morgan fingerprint density at radius 1 is 0.411 bits per heavy atom. The third-order valence-electron chi connectivity index (χ3n) is 15.6. The van der Waals surface area contributed by atoms with Crippen molar-refractivity contribution in [3.05, 3.63) is 126 Å². The van der Waals surface area contributed by atoms with Crippen LogP contribution in [0.2, 0.25) is 0 Å². The lowest BCUT2D eigenvalue weighted by molar-refractivity contribution is -0.00832. The van der Waals surface area contributed by atoms with E-state index in [0.717, 1.165) is 86.0 Å². The van der Waals surface area contributed by atoms with E-state index in [9.17, 15) is 5.26 Å². The summed E-state index contributed by atoms with van der Waals surface area (Å²) in [6, 6.07) is 41.6. The fourth-order valence-electron chi connectivity index (χ4n) is 14.0. The highest BCUT2D eigenvalue weighted by Gasteiger charge is 2.54. The van der Waals surface area contributed by atoms with Crippen LogP contribution in [0.25, 0.3) is 56.1 Å². The highest BCUT2D eigenvalue weighted by molar-refractivity contribution is 5.88. The molecule has 6 aromatic rings. The molecule has 0 atom stereocenters. The van der Waals surface area contributed by atoms with E-state index in [-0.39, 0.29) is 0 Å². The molecule has 5 aromatic carbocycles. The van der Waals surface area contributed by atoms with Crippen molar-refractivity contribution in [3.63, 3.8) is 0 Å². The monoisotopic (exact) mass is 728 g/mol. The number of hydrogen-bond acceptors (Lipinski definition) is 4. The molecule has 8 bridgehead atoms. The molecule has 56 heavy (non-hydrogen) atoms. The highest BCUT2D eigenvalue weighted by atomic mass is 15.0. The molecule has 0 N–H and O–H groups in total. The molecule has 0 aliphatic heterocycles. The second-order valence-corrected chi connectivity index (χ2v) is 19.3. The summed E-state index contributed by atoms with van der Waals surface area (Å²) >= 11 is 0. The minimum atomic E-state index is 0.302. The van der Waals surface area contributed by atoms with Crippen molar-refractivity contribution in [2.24, 2.45) is 35.5 Å². The van der Waals surface area contributed by atoms with Crippen molar-refractivity contribution < 1.29 is 0 Å². The van der Waals surface area contributed by atoms with Crippen LogP contribution in [0, 0.1) is 46.8 Å². The van der Waals surface area contributed by atoms with Gasteiger partial charge in [0.1, 0.15) is 0 Å². The Balaban J connectivity index is 0.983. The van der Waals surface area contributed by atoms with E-state index in [2.05, 4.69) is 97.1 Å². The van der Waals surface area contributed by atoms with Gasteiger partial charge < -0.3 is 0 Å². The van der Waals surface area contributed by atoms with Crippen molar-refractivity contribution in [1.82, 2.24) is 15.0 Å². The zero-order valence-corrected chi connectivity index (χ0v) is 32.1. The van der Waals surface area contributed by atoms with Gasteiger partial charge in [0.25, 0.3) is 0 Å². The van der Waals surface area contributed by atoms with Gasteiger partial charge in [-0.3, -0.25) is 0 Å². The average Bonchev–Trinajstić information content (AvgIpc) is 3.22. The lowest BCUT2D eigenvalue weighted by atomic mass is 9.46. The first-order valence-corrected chi connectivity index (χ1v) is 21.5. The normalized spacial score (nSPS) is 30.8. The van der Waals surface area contributed by atoms with Crippen LogP contribution in [-0.2, 0) is 10.8 Å². The summed E-state index contributed by atoms with van der Waals surface area (Å²) < 4.78 is 0. The minimum absolute atomic E-state index is 0.302. The summed E-state index contributed by atoms with van der Waals surface area (Å²) in [6.07, 6.45) is 17.0. The second kappa shape index (κ2) is 12.4. The van der Waals surface area contributed by atoms with Gasteiger partial charge in [0, 0.05) is 16.7 Å². The molecule has 4 heteroatoms. The Bertz CT molecular complexity index is 2430. The first-order valence-electron chi connectivity index (χ1n) is 21.5. The molecular weight excluding hydrogens is 681 g/mol. The van der Waals surface area contributed by atoms with Gasteiger partial charge in [0.05, 0.1) is 11.6 Å². The second-order valence-electron chi connectivity index (χ2n) is 19.3. The highest BCUT2D eigenvalue weighted by Crippen LogP contribution is 2.64. The molecule has 0 radical (unpaired) electrons. The lowest BCUT2D eigenvalue weighted by Gasteiger charge is -2.58. The lowest BCUT2D eigenvalue weighted by Crippen LogP contribution is -2.50. The Kier molecular flexibility index (Phi) is 7.33. The molecule has 0 saturated heterocycles. The minimum Gasteiger partial charge on any atom is -0.208 e. The molecule has 8 aliphatic rings. The summed E-state index contributed by atoms with van der Waals surface area (Å²) in [6.45, 7) is 0. The summed E-state index contributed by atoms with van der Waals surface area (Å²) in [5.74, 6) is 7.65. The van der Waals surface area contributed by atoms with Crippen LogP contribution >= 0.6 is 0 Å². The maximum atomic E-state index is 9.36. The summed E-state index contributed by atoms with van der Waals surface area (Å²) in [5.41, 5.74) is 9.98. The van der Waals surface area contributed by atoms with E-state index < -0.39 is 0 Å². The third-order valence-corrected chi connectivity index (χ3v) is 15.6. The number of benzene rings is 5. The maximum Gasteiger partial charge on any atom is 0.164 e. The molecule has 0 amide bonds. The molecule has 1 heterocycles. The summed E-state index contributed by atoms with van der Waals surface area (Å²) in [7, 11) is 0. The van der Waals surface area contributed by atoms with Gasteiger partial charge in [-0.15, -0.1) is 0 Å². The Morgan fingerprint density at radius 3 is 1.36 bits per heavy atom. The SMILES string of the molecule is N#Cc1ccc2cc(-c3ccc(-c4nc(-c5ccccc5)nc(-c5cc(C67CC8CC(CC(C8)C6)C7)cc(C67CC8CC(CC(C8)C6)C7)c5)n4)cc3)ccc2c1. The van der Waals surface area contributed by atoms with Gasteiger partial charge in [0.15, 0.2) is 17.5 Å². The van der Waals surface area contributed by atoms with Gasteiger partial charge in [-0.05, 0) is 187 Å². The topological polar surface area (TPSA) is 62.5 Å². The average molecular weight is 729 g/mol. The Morgan fingerprint density at radius 2 is 0.839 bits per heavy atom. The molecule has 8 fully saturated rings. The van der Waals surface area contributed by atoms with Gasteiger partial charge >= 0.3 is 0 Å². The smallest absolute Gasteiger partial charge is 0.164 e. The standard InChI is InChI=1S/C52H48N4/c53-31-32-6-7-44-21-43(13-12-42(44)20-32)39-8-10-41(11-9-39)49-54-48(40-4-2-1-3-5-40)55-50(56-49)45-22-46(51-25-33-14-34(26-51)16-35(15-33)27-51)24-47(23-45)52-28-36-17-37(29-52)19-38(18-36)30-52/h1-13,20-24,33-38H,14-19,25-30H2. The largest absolute Gasteiger partial charge is 0.208 e. The number of nitriles is 1. The predicted molar refractivity (Wildman–Crippen MR) is 223 cm³/mol. The van der Waals surface area contributed by atoms with Gasteiger partial charge in [-0.1, -0.05) is 78.9 Å². The van der Waals surface area contributed by atoms with Crippen LogP contribution in [0.1, 0.15) is 93.7 Å². The zero-order valence-electron chi connectivity index (χ0n) is 32.1. The van der Waals surface area contributed by atoms with Gasteiger partial charge in [-0.25, -0.2) is 15.0 Å². The Labute approximate surface area is 330 Å². The quantitative estimate of drug-likeness (QED) is 0.171. The van der Waals surface area contributed by atoms with Crippen molar-refractivity contribution in [1.29, 1.82) is 5.26 Å². The van der Waals surface area contributed by atoms with E-state index in [1.807, 2.05) is 18.2 Å². The van der Waals surface area contributed by atoms with Crippen molar-refractivity contribution in [2.75, 3.05) is 0 Å². The van der Waals surface area contributed by atoms with Crippen molar-refractivity contribution >= 4 is 10.8 Å². The van der Waals surface area contributed by atoms with E-state index in [1.54, 1.807) is 11.1 Å². The number of hydrogen-bond donors (Lipinski definition) is 0. The van der Waals surface area contributed by atoms with Crippen molar-refractivity contribution in [3.8, 4) is 51.4 Å². The van der Waals surface area contributed by atoms with E-state index >= 15 is 0 Å². The van der Waals surface area contributed by atoms with Gasteiger partial charge in [0.2, 0.25) is 0 Å². The van der Waals surface area contributed by atoms with Crippen molar-refractivity contribution in [2.45, 2.75) is 87.9 Å². The number of rotatable bonds is 6. The number of fused-ring (bicyclic) bond motifs is 1. The summed E-state index contributed by atoms with van der Waals surface area (Å²) in [4.78, 5) is 15.9. The molecule has 14 rings (SSSR count). The third kappa shape index (κ3) is 5.48. The molecule has 8 saturated carbocycles.